The number of alkyl halides is 1. The average molecular weight is 517 g/mol. The molecule has 3 N–H and O–H groups in total. The van der Waals surface area contributed by atoms with Gasteiger partial charge in [0.2, 0.25) is 0 Å². The molecule has 1 unspecified atom stereocenters. The summed E-state index contributed by atoms with van der Waals surface area (Å²) >= 11 is 6.02. The lowest BCUT2D eigenvalue weighted by molar-refractivity contribution is -0.00177. The van der Waals surface area contributed by atoms with Crippen LogP contribution in [-0.4, -0.2) is 72.3 Å². The number of rotatable bonds is 10. The van der Waals surface area contributed by atoms with Gasteiger partial charge in [0.1, 0.15) is 23.8 Å². The lowest BCUT2D eigenvalue weighted by atomic mass is 10.0. The number of fused-ring (bicyclic) bond motifs is 1. The van der Waals surface area contributed by atoms with Gasteiger partial charge in [-0.25, -0.2) is 19.3 Å². The fourth-order valence-electron chi connectivity index (χ4n) is 3.32. The van der Waals surface area contributed by atoms with E-state index in [1.165, 1.54) is 26.2 Å². The summed E-state index contributed by atoms with van der Waals surface area (Å²) < 4.78 is 22.7. The van der Waals surface area contributed by atoms with Crippen LogP contribution in [0.15, 0.2) is 43.2 Å². The van der Waals surface area contributed by atoms with Crippen molar-refractivity contribution in [2.45, 2.75) is 32.2 Å². The van der Waals surface area contributed by atoms with Gasteiger partial charge < -0.3 is 20.5 Å². The van der Waals surface area contributed by atoms with Gasteiger partial charge in [-0.3, -0.25) is 14.0 Å². The van der Waals surface area contributed by atoms with Crippen molar-refractivity contribution in [2.75, 3.05) is 25.6 Å². The Morgan fingerprint density at radius 2 is 2.06 bits per heavy atom. The van der Waals surface area contributed by atoms with Crippen LogP contribution in [-0.2, 0) is 11.3 Å². The van der Waals surface area contributed by atoms with E-state index in [4.69, 9.17) is 16.3 Å². The largest absolute Gasteiger partial charge is 0.387 e. The van der Waals surface area contributed by atoms with Crippen molar-refractivity contribution in [3.63, 3.8) is 0 Å². The minimum absolute atomic E-state index is 0.173. The Bertz CT molecular complexity index is 1370. The number of ether oxygens (including phenoxy) is 1. The van der Waals surface area contributed by atoms with E-state index in [0.717, 1.165) is 0 Å². The van der Waals surface area contributed by atoms with Crippen LogP contribution in [0.3, 0.4) is 0 Å². The van der Waals surface area contributed by atoms with E-state index in [2.05, 4.69) is 30.7 Å². The summed E-state index contributed by atoms with van der Waals surface area (Å²) in [7, 11) is 1.61. The Balaban J connectivity index is 1.67. The first-order chi connectivity index (χ1) is 17.2. The van der Waals surface area contributed by atoms with Gasteiger partial charge in [-0.05, 0) is 19.9 Å². The third-order valence-electron chi connectivity index (χ3n) is 5.38. The fourth-order valence-corrected chi connectivity index (χ4v) is 3.47. The number of hydrogen-bond acceptors (Lipinski definition) is 8. The molecular formula is C23H26ClFN8O3. The monoisotopic (exact) mass is 516 g/mol. The van der Waals surface area contributed by atoms with Crippen LogP contribution in [0, 0.1) is 0 Å². The highest BCUT2D eigenvalue weighted by molar-refractivity contribution is 6.31. The van der Waals surface area contributed by atoms with Gasteiger partial charge in [0.15, 0.2) is 5.65 Å². The number of pyridine rings is 2. The summed E-state index contributed by atoms with van der Waals surface area (Å²) in [4.78, 5) is 26.0. The standard InChI is InChI=1S/C23H26ClFN8O3/c1-23(2,35)19(25)11-28-22(34)16-10-26-20(33-13-29-18-6-14(24)8-27-21(18)33)7-17(16)31-15-9-30-32(12-15)4-5-36-3/h6-10,12-13,19,35H,4-5,11H2,1-3H3,(H,26,31)(H,28,34). The number of methoxy groups -OCH3 is 1. The Morgan fingerprint density at radius 1 is 1.25 bits per heavy atom. The number of halogens is 2. The minimum atomic E-state index is -1.65. The normalized spacial score (nSPS) is 12.6. The second kappa shape index (κ2) is 10.6. The molecule has 0 aliphatic heterocycles. The van der Waals surface area contributed by atoms with Gasteiger partial charge in [-0.2, -0.15) is 5.10 Å². The molecule has 0 aliphatic rings. The maximum Gasteiger partial charge on any atom is 0.255 e. The Kier molecular flexibility index (Phi) is 7.48. The molecule has 0 radical (unpaired) electrons. The smallest absolute Gasteiger partial charge is 0.255 e. The van der Waals surface area contributed by atoms with E-state index < -0.39 is 17.7 Å². The molecule has 0 saturated carbocycles. The molecule has 0 aromatic carbocycles. The molecule has 1 atom stereocenters. The second-order valence-corrected chi connectivity index (χ2v) is 9.08. The lowest BCUT2D eigenvalue weighted by Crippen LogP contribution is -2.42. The number of nitrogens with zero attached hydrogens (tertiary/aromatic N) is 6. The summed E-state index contributed by atoms with van der Waals surface area (Å²) in [5, 5.41) is 20.3. The molecule has 4 aromatic rings. The number of hydrogen-bond donors (Lipinski definition) is 3. The first-order valence-electron chi connectivity index (χ1n) is 11.1. The molecule has 0 aliphatic carbocycles. The molecule has 4 heterocycles. The number of imidazole rings is 1. The van der Waals surface area contributed by atoms with Crippen molar-refractivity contribution in [1.29, 1.82) is 0 Å². The highest BCUT2D eigenvalue weighted by atomic mass is 35.5. The minimum Gasteiger partial charge on any atom is -0.387 e. The highest BCUT2D eigenvalue weighted by Crippen LogP contribution is 2.25. The third-order valence-corrected chi connectivity index (χ3v) is 5.59. The predicted molar refractivity (Wildman–Crippen MR) is 133 cm³/mol. The van der Waals surface area contributed by atoms with Gasteiger partial charge >= 0.3 is 0 Å². The van der Waals surface area contributed by atoms with Gasteiger partial charge in [0.25, 0.3) is 5.91 Å². The van der Waals surface area contributed by atoms with E-state index in [0.29, 0.717) is 46.5 Å². The average Bonchev–Trinajstić information content (AvgIpc) is 3.46. The summed E-state index contributed by atoms with van der Waals surface area (Å²) in [5.74, 6) is -0.117. The van der Waals surface area contributed by atoms with Crippen molar-refractivity contribution in [3.05, 3.63) is 53.8 Å². The molecule has 4 aromatic heterocycles. The molecule has 190 valence electrons. The number of carbonyl (C=O) groups is 1. The van der Waals surface area contributed by atoms with E-state index in [1.807, 2.05) is 0 Å². The van der Waals surface area contributed by atoms with Crippen LogP contribution in [0.2, 0.25) is 5.02 Å². The van der Waals surface area contributed by atoms with Crippen LogP contribution in [0.1, 0.15) is 24.2 Å². The number of anilines is 2. The molecular weight excluding hydrogens is 491 g/mol. The molecule has 11 nitrogen and oxygen atoms in total. The first kappa shape index (κ1) is 25.5. The number of nitrogens with one attached hydrogen (secondary N) is 2. The lowest BCUT2D eigenvalue weighted by Gasteiger charge is -2.22. The SMILES string of the molecule is COCCn1cc(Nc2cc(-n3cnc4cc(Cl)cnc43)ncc2C(=O)NCC(F)C(C)(C)O)cn1. The topological polar surface area (TPSA) is 132 Å². The van der Waals surface area contributed by atoms with Crippen molar-refractivity contribution >= 4 is 40.0 Å². The van der Waals surface area contributed by atoms with E-state index in [-0.39, 0.29) is 12.1 Å². The number of amides is 1. The quantitative estimate of drug-likeness (QED) is 0.293. The molecule has 0 bridgehead atoms. The van der Waals surface area contributed by atoms with Gasteiger partial charge in [0.05, 0.1) is 53.5 Å². The van der Waals surface area contributed by atoms with E-state index >= 15 is 0 Å². The molecule has 0 spiro atoms. The zero-order valence-electron chi connectivity index (χ0n) is 19.9. The Morgan fingerprint density at radius 3 is 2.81 bits per heavy atom. The van der Waals surface area contributed by atoms with Crippen molar-refractivity contribution in [2.24, 2.45) is 0 Å². The molecule has 36 heavy (non-hydrogen) atoms. The molecule has 0 saturated heterocycles. The molecule has 0 fully saturated rings. The molecule has 1 amide bonds. The van der Waals surface area contributed by atoms with Gasteiger partial charge in [0, 0.05) is 31.8 Å². The van der Waals surface area contributed by atoms with Crippen LogP contribution in [0.4, 0.5) is 15.8 Å². The summed E-state index contributed by atoms with van der Waals surface area (Å²) in [6.45, 7) is 3.35. The van der Waals surface area contributed by atoms with Crippen LogP contribution < -0.4 is 10.6 Å². The van der Waals surface area contributed by atoms with Crippen LogP contribution >= 0.6 is 11.6 Å². The zero-order valence-corrected chi connectivity index (χ0v) is 20.7. The maximum atomic E-state index is 14.2. The van der Waals surface area contributed by atoms with Crippen molar-refractivity contribution < 1.29 is 19.0 Å². The van der Waals surface area contributed by atoms with E-state index in [9.17, 15) is 14.3 Å². The Labute approximate surface area is 211 Å². The number of carbonyl (C=O) groups excluding carboxylic acids is 1. The second-order valence-electron chi connectivity index (χ2n) is 8.64. The fraction of sp³-hybridized carbons (Fsp3) is 0.348. The number of aromatic nitrogens is 6. The van der Waals surface area contributed by atoms with Gasteiger partial charge in [-0.15, -0.1) is 0 Å². The highest BCUT2D eigenvalue weighted by Gasteiger charge is 2.27. The summed E-state index contributed by atoms with van der Waals surface area (Å²) in [5.41, 5.74) is 0.724. The maximum absolute atomic E-state index is 14.2. The molecule has 4 rings (SSSR count). The number of aliphatic hydroxyl groups is 1. The zero-order chi connectivity index (χ0) is 25.9. The predicted octanol–water partition coefficient (Wildman–Crippen LogP) is 2.89. The first-order valence-corrected chi connectivity index (χ1v) is 11.5. The summed E-state index contributed by atoms with van der Waals surface area (Å²) in [6, 6.07) is 3.34. The van der Waals surface area contributed by atoms with Crippen LogP contribution in [0.5, 0.6) is 0 Å². The van der Waals surface area contributed by atoms with Crippen LogP contribution in [0.25, 0.3) is 17.0 Å². The van der Waals surface area contributed by atoms with Gasteiger partial charge in [-0.1, -0.05) is 11.6 Å². The molecule has 13 heteroatoms. The van der Waals surface area contributed by atoms with E-state index in [1.54, 1.807) is 47.2 Å². The van der Waals surface area contributed by atoms with Crippen molar-refractivity contribution in [1.82, 2.24) is 34.6 Å². The van der Waals surface area contributed by atoms with Crippen molar-refractivity contribution in [3.8, 4) is 5.82 Å². The Hall–Kier alpha value is -3.61. The third kappa shape index (κ3) is 5.78. The summed E-state index contributed by atoms with van der Waals surface area (Å²) in [6.07, 6.45) is 6.16.